The van der Waals surface area contributed by atoms with Crippen LogP contribution in [0.4, 0.5) is 26.3 Å². The van der Waals surface area contributed by atoms with Crippen LogP contribution in [0.1, 0.15) is 16.7 Å². The number of aromatic nitrogens is 1. The fourth-order valence-corrected chi connectivity index (χ4v) is 1.07. The molecule has 2 nitrogen and oxygen atoms in total. The van der Waals surface area contributed by atoms with E-state index in [0.29, 0.717) is 6.20 Å². The first-order valence-corrected chi connectivity index (χ1v) is 3.70. The average molecular weight is 240 g/mol. The number of hydrogen-bond acceptors (Lipinski definition) is 2. The topological polar surface area (TPSA) is 36.7 Å². The highest BCUT2D eigenvalue weighted by atomic mass is 19.4. The van der Waals surface area contributed by atoms with Crippen molar-refractivity contribution in [3.63, 3.8) is 0 Å². The van der Waals surface area contributed by atoms with Crippen LogP contribution in [0.2, 0.25) is 0 Å². The van der Waals surface area contributed by atoms with Crippen LogP contribution in [0.15, 0.2) is 12.4 Å². The summed E-state index contributed by atoms with van der Waals surface area (Å²) in [6, 6.07) is 1.03. The van der Waals surface area contributed by atoms with Crippen molar-refractivity contribution in [3.8, 4) is 6.07 Å². The van der Waals surface area contributed by atoms with Gasteiger partial charge in [0.05, 0.1) is 16.7 Å². The summed E-state index contributed by atoms with van der Waals surface area (Å²) in [5.74, 6) is 0. The predicted molar refractivity (Wildman–Crippen MR) is 39.0 cm³/mol. The third-order valence-corrected chi connectivity index (χ3v) is 1.66. The van der Waals surface area contributed by atoms with Gasteiger partial charge in [-0.05, 0) is 0 Å². The van der Waals surface area contributed by atoms with E-state index in [9.17, 15) is 26.3 Å². The van der Waals surface area contributed by atoms with Gasteiger partial charge in [0, 0.05) is 12.4 Å². The van der Waals surface area contributed by atoms with Gasteiger partial charge in [0.1, 0.15) is 6.07 Å². The molecule has 0 fully saturated rings. The predicted octanol–water partition coefficient (Wildman–Crippen LogP) is 2.99. The molecule has 0 spiro atoms. The fraction of sp³-hybridized carbons (Fsp3) is 0.250. The second-order valence-electron chi connectivity index (χ2n) is 2.72. The quantitative estimate of drug-likeness (QED) is 0.653. The van der Waals surface area contributed by atoms with E-state index in [2.05, 4.69) is 4.98 Å². The highest BCUT2D eigenvalue weighted by molar-refractivity contribution is 5.43. The SMILES string of the molecule is N#Cc1cncc(C(F)(F)F)c1C(F)(F)F. The molecule has 16 heavy (non-hydrogen) atoms. The fourth-order valence-electron chi connectivity index (χ4n) is 1.07. The van der Waals surface area contributed by atoms with E-state index >= 15 is 0 Å². The summed E-state index contributed by atoms with van der Waals surface area (Å²) in [6.45, 7) is 0. The number of hydrogen-bond donors (Lipinski definition) is 0. The Balaban J connectivity index is 3.59. The molecule has 8 heteroatoms. The van der Waals surface area contributed by atoms with E-state index in [4.69, 9.17) is 5.26 Å². The molecule has 0 saturated carbocycles. The second-order valence-corrected chi connectivity index (χ2v) is 2.72. The minimum absolute atomic E-state index is 0.0453. The molecule has 1 aromatic heterocycles. The van der Waals surface area contributed by atoms with E-state index in [1.807, 2.05) is 0 Å². The molecule has 0 unspecified atom stereocenters. The zero-order valence-electron chi connectivity index (χ0n) is 7.32. The van der Waals surface area contributed by atoms with Gasteiger partial charge >= 0.3 is 12.4 Å². The van der Waals surface area contributed by atoms with Gasteiger partial charge in [-0.3, -0.25) is 4.98 Å². The van der Waals surface area contributed by atoms with E-state index in [0.717, 1.165) is 6.07 Å². The normalized spacial score (nSPS) is 12.3. The number of rotatable bonds is 0. The van der Waals surface area contributed by atoms with Crippen molar-refractivity contribution < 1.29 is 26.3 Å². The molecule has 0 aromatic carbocycles. The van der Waals surface area contributed by atoms with Gasteiger partial charge in [-0.15, -0.1) is 0 Å². The Kier molecular flexibility index (Phi) is 2.81. The van der Waals surface area contributed by atoms with E-state index in [1.165, 1.54) is 0 Å². The number of alkyl halides is 6. The maximum atomic E-state index is 12.3. The molecule has 1 heterocycles. The van der Waals surface area contributed by atoms with Crippen molar-refractivity contribution in [2.24, 2.45) is 0 Å². The Hall–Kier alpha value is -1.78. The zero-order valence-corrected chi connectivity index (χ0v) is 7.32. The van der Waals surface area contributed by atoms with Crippen LogP contribution in [-0.2, 0) is 12.4 Å². The summed E-state index contributed by atoms with van der Waals surface area (Å²) in [7, 11) is 0. The van der Waals surface area contributed by atoms with Gasteiger partial charge in [0.2, 0.25) is 0 Å². The highest BCUT2D eigenvalue weighted by Crippen LogP contribution is 2.41. The molecule has 0 N–H and O–H groups in total. The third-order valence-electron chi connectivity index (χ3n) is 1.66. The first kappa shape index (κ1) is 12.3. The number of nitriles is 1. The number of halogens is 6. The number of nitrogens with zero attached hydrogens (tertiary/aromatic N) is 2. The third kappa shape index (κ3) is 2.24. The zero-order chi connectivity index (χ0) is 12.6. The van der Waals surface area contributed by atoms with E-state index in [-0.39, 0.29) is 6.20 Å². The summed E-state index contributed by atoms with van der Waals surface area (Å²) in [5, 5.41) is 8.31. The molecule has 0 atom stereocenters. The molecule has 0 bridgehead atoms. The van der Waals surface area contributed by atoms with Crippen LogP contribution in [-0.4, -0.2) is 4.98 Å². The van der Waals surface area contributed by atoms with Crippen molar-refractivity contribution in [2.75, 3.05) is 0 Å². The van der Waals surface area contributed by atoms with Crippen LogP contribution < -0.4 is 0 Å². The Morgan fingerprint density at radius 3 is 1.94 bits per heavy atom. The molecule has 0 radical (unpaired) electrons. The molecule has 0 amide bonds. The van der Waals surface area contributed by atoms with Crippen LogP contribution in [0.25, 0.3) is 0 Å². The van der Waals surface area contributed by atoms with Gasteiger partial charge in [-0.2, -0.15) is 31.6 Å². The van der Waals surface area contributed by atoms with Crippen molar-refractivity contribution in [2.45, 2.75) is 12.4 Å². The standard InChI is InChI=1S/C8H2F6N2/c9-7(10,11)5-3-16-2-4(1-15)6(5)8(12,13)14/h2-3H. The molecule has 0 aliphatic heterocycles. The molecule has 0 aliphatic rings. The molecular weight excluding hydrogens is 238 g/mol. The van der Waals surface area contributed by atoms with Crippen LogP contribution in [0.5, 0.6) is 0 Å². The summed E-state index contributed by atoms with van der Waals surface area (Å²) < 4.78 is 73.8. The van der Waals surface area contributed by atoms with E-state index < -0.39 is 29.0 Å². The van der Waals surface area contributed by atoms with Crippen molar-refractivity contribution in [3.05, 3.63) is 29.1 Å². The van der Waals surface area contributed by atoms with Gasteiger partial charge in [-0.25, -0.2) is 0 Å². The van der Waals surface area contributed by atoms with Gasteiger partial charge in [-0.1, -0.05) is 0 Å². The van der Waals surface area contributed by atoms with Crippen LogP contribution in [0, 0.1) is 11.3 Å². The Labute approximate surface area is 85.1 Å². The Morgan fingerprint density at radius 1 is 1.00 bits per heavy atom. The monoisotopic (exact) mass is 240 g/mol. The lowest BCUT2D eigenvalue weighted by Crippen LogP contribution is -2.18. The largest absolute Gasteiger partial charge is 0.418 e. The van der Waals surface area contributed by atoms with Crippen LogP contribution >= 0.6 is 0 Å². The second kappa shape index (κ2) is 3.66. The minimum atomic E-state index is -5.25. The molecule has 0 aliphatic carbocycles. The van der Waals surface area contributed by atoms with Crippen LogP contribution in [0.3, 0.4) is 0 Å². The first-order chi connectivity index (χ1) is 7.18. The van der Waals surface area contributed by atoms with Crippen molar-refractivity contribution in [1.82, 2.24) is 4.98 Å². The summed E-state index contributed by atoms with van der Waals surface area (Å²) >= 11 is 0. The van der Waals surface area contributed by atoms with Crippen molar-refractivity contribution in [1.29, 1.82) is 5.26 Å². The minimum Gasteiger partial charge on any atom is -0.263 e. The van der Waals surface area contributed by atoms with E-state index in [1.54, 1.807) is 0 Å². The maximum Gasteiger partial charge on any atom is 0.418 e. The molecular formula is C8H2F6N2. The highest BCUT2D eigenvalue weighted by Gasteiger charge is 2.45. The molecule has 1 rings (SSSR count). The smallest absolute Gasteiger partial charge is 0.263 e. The summed E-state index contributed by atoms with van der Waals surface area (Å²) in [6.07, 6.45) is -9.97. The maximum absolute atomic E-state index is 12.3. The molecule has 0 saturated heterocycles. The molecule has 86 valence electrons. The average Bonchev–Trinajstić information content (AvgIpc) is 2.13. The van der Waals surface area contributed by atoms with Gasteiger partial charge < -0.3 is 0 Å². The van der Waals surface area contributed by atoms with Crippen molar-refractivity contribution >= 4 is 0 Å². The van der Waals surface area contributed by atoms with Gasteiger partial charge in [0.15, 0.2) is 0 Å². The number of pyridine rings is 1. The molecule has 1 aromatic rings. The van der Waals surface area contributed by atoms with Gasteiger partial charge in [0.25, 0.3) is 0 Å². The lowest BCUT2D eigenvalue weighted by Gasteiger charge is -2.15. The summed E-state index contributed by atoms with van der Waals surface area (Å²) in [4.78, 5) is 2.95. The lowest BCUT2D eigenvalue weighted by atomic mass is 10.0. The Bertz CT molecular complexity index is 439. The summed E-state index contributed by atoms with van der Waals surface area (Å²) in [5.41, 5.74) is -5.11. The first-order valence-electron chi connectivity index (χ1n) is 3.70. The lowest BCUT2D eigenvalue weighted by molar-refractivity contribution is -0.162. The Morgan fingerprint density at radius 2 is 1.56 bits per heavy atom.